The van der Waals surface area contributed by atoms with Gasteiger partial charge in [-0.25, -0.2) is 0 Å². The van der Waals surface area contributed by atoms with Gasteiger partial charge in [0.25, 0.3) is 0 Å². The molecule has 110 valence electrons. The van der Waals surface area contributed by atoms with E-state index in [9.17, 15) is 4.79 Å². The van der Waals surface area contributed by atoms with Crippen molar-refractivity contribution < 1.29 is 9.53 Å². The fourth-order valence-corrected chi connectivity index (χ4v) is 2.73. The van der Waals surface area contributed by atoms with Crippen LogP contribution in [0.3, 0.4) is 0 Å². The highest BCUT2D eigenvalue weighted by Gasteiger charge is 2.22. The fourth-order valence-electron chi connectivity index (χ4n) is 2.73. The lowest BCUT2D eigenvalue weighted by Crippen LogP contribution is -2.40. The Balaban J connectivity index is 1.78. The number of ether oxygens (including phenoxy) is 1. The first-order chi connectivity index (χ1) is 9.69. The molecule has 0 atom stereocenters. The number of aromatic nitrogens is 1. The molecule has 1 saturated heterocycles. The van der Waals surface area contributed by atoms with Gasteiger partial charge in [0.1, 0.15) is 6.61 Å². The minimum atomic E-state index is 0.130. The average molecular weight is 276 g/mol. The van der Waals surface area contributed by atoms with E-state index in [2.05, 4.69) is 17.1 Å². The minimum Gasteiger partial charge on any atom is -0.372 e. The third-order valence-corrected chi connectivity index (χ3v) is 3.88. The Labute approximate surface area is 121 Å². The Morgan fingerprint density at radius 3 is 2.85 bits per heavy atom. The monoisotopic (exact) mass is 276 g/mol. The van der Waals surface area contributed by atoms with E-state index in [0.29, 0.717) is 12.5 Å². The van der Waals surface area contributed by atoms with Gasteiger partial charge in [0, 0.05) is 31.6 Å². The summed E-state index contributed by atoms with van der Waals surface area (Å²) < 4.78 is 5.19. The van der Waals surface area contributed by atoms with Crippen LogP contribution in [0.5, 0.6) is 0 Å². The highest BCUT2D eigenvalue weighted by molar-refractivity contribution is 5.77. The molecule has 1 aliphatic heterocycles. The molecule has 2 rings (SSSR count). The second kappa shape index (κ2) is 7.39. The summed E-state index contributed by atoms with van der Waals surface area (Å²) in [4.78, 5) is 18.0. The topological polar surface area (TPSA) is 42.4 Å². The summed E-state index contributed by atoms with van der Waals surface area (Å²) in [7, 11) is 0. The Morgan fingerprint density at radius 1 is 1.45 bits per heavy atom. The lowest BCUT2D eigenvalue weighted by molar-refractivity contribution is -0.137. The highest BCUT2D eigenvalue weighted by Crippen LogP contribution is 2.21. The first-order valence-corrected chi connectivity index (χ1v) is 7.46. The van der Waals surface area contributed by atoms with E-state index in [4.69, 9.17) is 4.74 Å². The van der Waals surface area contributed by atoms with Crippen molar-refractivity contribution >= 4 is 5.91 Å². The molecule has 0 bridgehead atoms. The molecule has 1 aromatic heterocycles. The van der Waals surface area contributed by atoms with E-state index in [1.54, 1.807) is 0 Å². The first-order valence-electron chi connectivity index (χ1n) is 7.46. The van der Waals surface area contributed by atoms with Crippen LogP contribution >= 0.6 is 0 Å². The van der Waals surface area contributed by atoms with Crippen LogP contribution in [0.15, 0.2) is 18.3 Å². The lowest BCUT2D eigenvalue weighted by atomic mass is 9.90. The van der Waals surface area contributed by atoms with E-state index in [1.807, 2.05) is 24.9 Å². The zero-order valence-corrected chi connectivity index (χ0v) is 12.5. The fraction of sp³-hybridized carbons (Fsp3) is 0.625. The number of hydrogen-bond acceptors (Lipinski definition) is 3. The zero-order chi connectivity index (χ0) is 14.4. The molecule has 1 amide bonds. The number of likely N-dealkylation sites (tertiary alicyclic amines) is 1. The molecule has 0 saturated carbocycles. The minimum absolute atomic E-state index is 0.130. The van der Waals surface area contributed by atoms with Crippen molar-refractivity contribution in [3.8, 4) is 0 Å². The summed E-state index contributed by atoms with van der Waals surface area (Å²) >= 11 is 0. The molecule has 0 spiro atoms. The number of pyridine rings is 1. The van der Waals surface area contributed by atoms with Crippen LogP contribution in [0, 0.1) is 12.8 Å². The van der Waals surface area contributed by atoms with Crippen molar-refractivity contribution in [3.05, 3.63) is 29.6 Å². The van der Waals surface area contributed by atoms with Gasteiger partial charge in [-0.05, 0) is 56.7 Å². The number of aryl methyl sites for hydroxylation is 1. The van der Waals surface area contributed by atoms with Gasteiger partial charge in [-0.3, -0.25) is 9.78 Å². The first kappa shape index (κ1) is 15.0. The molecule has 1 fully saturated rings. The smallest absolute Gasteiger partial charge is 0.248 e. The van der Waals surface area contributed by atoms with E-state index >= 15 is 0 Å². The number of carbonyl (C=O) groups is 1. The summed E-state index contributed by atoms with van der Waals surface area (Å²) in [6.45, 7) is 6.49. The van der Waals surface area contributed by atoms with Gasteiger partial charge in [0.05, 0.1) is 0 Å². The van der Waals surface area contributed by atoms with Crippen LogP contribution in [0.4, 0.5) is 0 Å². The van der Waals surface area contributed by atoms with E-state index < -0.39 is 0 Å². The lowest BCUT2D eigenvalue weighted by Gasteiger charge is -2.32. The Morgan fingerprint density at radius 2 is 2.20 bits per heavy atom. The number of nitrogens with zero attached hydrogens (tertiary/aromatic N) is 2. The van der Waals surface area contributed by atoms with E-state index in [-0.39, 0.29) is 12.5 Å². The van der Waals surface area contributed by atoms with Crippen LogP contribution in [-0.2, 0) is 16.0 Å². The molecule has 4 nitrogen and oxygen atoms in total. The summed E-state index contributed by atoms with van der Waals surface area (Å²) in [5.74, 6) is 0.804. The summed E-state index contributed by atoms with van der Waals surface area (Å²) in [6.07, 6.45) is 5.14. The van der Waals surface area contributed by atoms with Crippen molar-refractivity contribution in [1.82, 2.24) is 9.88 Å². The predicted molar refractivity (Wildman–Crippen MR) is 78.5 cm³/mol. The standard InChI is InChI=1S/C16H24N2O2/c1-3-20-12-16(19)18-8-5-14(6-9-18)11-15-4-7-17-13(2)10-15/h4,7,10,14H,3,5-6,8-9,11-12H2,1-2H3. The third-order valence-electron chi connectivity index (χ3n) is 3.88. The Hall–Kier alpha value is -1.42. The quantitative estimate of drug-likeness (QED) is 0.828. The maximum absolute atomic E-state index is 11.9. The van der Waals surface area contributed by atoms with Crippen LogP contribution in [0.2, 0.25) is 0 Å². The number of carbonyl (C=O) groups excluding carboxylic acids is 1. The number of hydrogen-bond donors (Lipinski definition) is 0. The van der Waals surface area contributed by atoms with Crippen molar-refractivity contribution in [2.75, 3.05) is 26.3 Å². The van der Waals surface area contributed by atoms with E-state index in [1.165, 1.54) is 5.56 Å². The van der Waals surface area contributed by atoms with Crippen LogP contribution in [0.1, 0.15) is 31.0 Å². The molecular formula is C16H24N2O2. The normalized spacial score (nSPS) is 16.4. The van der Waals surface area contributed by atoms with Gasteiger partial charge in [-0.1, -0.05) is 0 Å². The summed E-state index contributed by atoms with van der Waals surface area (Å²) in [6, 6.07) is 4.26. The summed E-state index contributed by atoms with van der Waals surface area (Å²) in [5, 5.41) is 0. The van der Waals surface area contributed by atoms with Crippen molar-refractivity contribution in [3.63, 3.8) is 0 Å². The van der Waals surface area contributed by atoms with Gasteiger partial charge in [-0.2, -0.15) is 0 Å². The molecule has 1 aromatic rings. The van der Waals surface area contributed by atoms with Crippen LogP contribution < -0.4 is 0 Å². The highest BCUT2D eigenvalue weighted by atomic mass is 16.5. The van der Waals surface area contributed by atoms with Crippen molar-refractivity contribution in [2.24, 2.45) is 5.92 Å². The third kappa shape index (κ3) is 4.30. The molecule has 0 aliphatic carbocycles. The van der Waals surface area contributed by atoms with Crippen molar-refractivity contribution in [1.29, 1.82) is 0 Å². The molecule has 4 heteroatoms. The molecule has 0 N–H and O–H groups in total. The molecule has 0 aromatic carbocycles. The SMILES string of the molecule is CCOCC(=O)N1CCC(Cc2ccnc(C)c2)CC1. The molecule has 0 radical (unpaired) electrons. The molecule has 1 aliphatic rings. The number of amides is 1. The molecular weight excluding hydrogens is 252 g/mol. The number of piperidine rings is 1. The second-order valence-corrected chi connectivity index (χ2v) is 5.47. The molecule has 0 unspecified atom stereocenters. The maximum atomic E-state index is 11.9. The molecule has 20 heavy (non-hydrogen) atoms. The van der Waals surface area contributed by atoms with Gasteiger partial charge in [0.2, 0.25) is 5.91 Å². The second-order valence-electron chi connectivity index (χ2n) is 5.47. The van der Waals surface area contributed by atoms with Gasteiger partial charge >= 0.3 is 0 Å². The van der Waals surface area contributed by atoms with Gasteiger partial charge < -0.3 is 9.64 Å². The summed E-state index contributed by atoms with van der Waals surface area (Å²) in [5.41, 5.74) is 2.43. The van der Waals surface area contributed by atoms with Gasteiger partial charge in [-0.15, -0.1) is 0 Å². The number of rotatable bonds is 5. The van der Waals surface area contributed by atoms with Crippen molar-refractivity contribution in [2.45, 2.75) is 33.1 Å². The Bertz CT molecular complexity index is 440. The zero-order valence-electron chi connectivity index (χ0n) is 12.5. The largest absolute Gasteiger partial charge is 0.372 e. The average Bonchev–Trinajstić information content (AvgIpc) is 2.45. The Kier molecular flexibility index (Phi) is 5.53. The predicted octanol–water partition coefficient (Wildman–Crippen LogP) is 2.21. The van der Waals surface area contributed by atoms with Crippen LogP contribution in [-0.4, -0.2) is 42.1 Å². The molecule has 2 heterocycles. The maximum Gasteiger partial charge on any atom is 0.248 e. The van der Waals surface area contributed by atoms with Gasteiger partial charge in [0.15, 0.2) is 0 Å². The van der Waals surface area contributed by atoms with Crippen LogP contribution in [0.25, 0.3) is 0 Å². The van der Waals surface area contributed by atoms with E-state index in [0.717, 1.165) is 38.0 Å².